The maximum Gasteiger partial charge on any atom is 0.271 e. The molecule has 3 rings (SSSR count). The zero-order chi connectivity index (χ0) is 16.9. The topological polar surface area (TPSA) is 87.7 Å². The van der Waals surface area contributed by atoms with E-state index in [1.54, 1.807) is 13.1 Å². The molecule has 1 aromatic heterocycles. The number of rotatable bonds is 4. The summed E-state index contributed by atoms with van der Waals surface area (Å²) in [5, 5.41) is 2.83. The summed E-state index contributed by atoms with van der Waals surface area (Å²) in [4.78, 5) is 35.9. The Hall–Kier alpha value is -2.22. The van der Waals surface area contributed by atoms with Crippen LogP contribution in [0.2, 0.25) is 0 Å². The predicted octanol–water partition coefficient (Wildman–Crippen LogP) is 0.0539. The minimum absolute atomic E-state index is 0.0963. The van der Waals surface area contributed by atoms with Crippen LogP contribution in [0.3, 0.4) is 0 Å². The lowest BCUT2D eigenvalue weighted by atomic mass is 10.2. The molecule has 1 aromatic rings. The van der Waals surface area contributed by atoms with Crippen LogP contribution in [0, 0.1) is 0 Å². The molecule has 2 fully saturated rings. The minimum Gasteiger partial charge on any atom is -0.376 e. The Morgan fingerprint density at radius 3 is 2.62 bits per heavy atom. The van der Waals surface area contributed by atoms with Crippen molar-refractivity contribution in [2.45, 2.75) is 25.9 Å². The van der Waals surface area contributed by atoms with Crippen molar-refractivity contribution in [1.82, 2.24) is 20.2 Å². The van der Waals surface area contributed by atoms with Crippen LogP contribution in [0.5, 0.6) is 0 Å². The third-order valence-corrected chi connectivity index (χ3v) is 4.43. The summed E-state index contributed by atoms with van der Waals surface area (Å²) >= 11 is 0. The summed E-state index contributed by atoms with van der Waals surface area (Å²) in [6, 6.07) is 0. The Bertz CT molecular complexity index is 578. The van der Waals surface area contributed by atoms with Crippen molar-refractivity contribution in [3.05, 3.63) is 18.1 Å². The second kappa shape index (κ2) is 7.57. The lowest BCUT2D eigenvalue weighted by Gasteiger charge is -2.34. The van der Waals surface area contributed by atoms with Gasteiger partial charge in [0.15, 0.2) is 0 Å². The van der Waals surface area contributed by atoms with Gasteiger partial charge >= 0.3 is 0 Å². The highest BCUT2D eigenvalue weighted by molar-refractivity contribution is 5.92. The first-order chi connectivity index (χ1) is 11.6. The monoisotopic (exact) mass is 333 g/mol. The first-order valence-electron chi connectivity index (χ1n) is 8.36. The number of hydrogen-bond donors (Lipinski definition) is 1. The number of nitrogens with zero attached hydrogens (tertiary/aromatic N) is 4. The van der Waals surface area contributed by atoms with Gasteiger partial charge in [-0.2, -0.15) is 0 Å². The quantitative estimate of drug-likeness (QED) is 0.838. The number of ether oxygens (including phenoxy) is 1. The highest BCUT2D eigenvalue weighted by Gasteiger charge is 2.21. The Kier molecular flexibility index (Phi) is 5.24. The van der Waals surface area contributed by atoms with Crippen LogP contribution in [-0.2, 0) is 9.53 Å². The van der Waals surface area contributed by atoms with Crippen LogP contribution >= 0.6 is 0 Å². The second-order valence-corrected chi connectivity index (χ2v) is 6.10. The van der Waals surface area contributed by atoms with Crippen molar-refractivity contribution in [3.63, 3.8) is 0 Å². The van der Waals surface area contributed by atoms with Gasteiger partial charge in [0, 0.05) is 46.3 Å². The largest absolute Gasteiger partial charge is 0.376 e. The molecular formula is C16H23N5O3. The van der Waals surface area contributed by atoms with Gasteiger partial charge in [0.05, 0.1) is 18.5 Å². The highest BCUT2D eigenvalue weighted by Crippen LogP contribution is 2.13. The van der Waals surface area contributed by atoms with Crippen LogP contribution in [-0.4, -0.2) is 72.1 Å². The fraction of sp³-hybridized carbons (Fsp3) is 0.625. The molecule has 8 nitrogen and oxygen atoms in total. The zero-order valence-electron chi connectivity index (χ0n) is 13.9. The number of amides is 2. The lowest BCUT2D eigenvalue weighted by Crippen LogP contribution is -2.48. The third-order valence-electron chi connectivity index (χ3n) is 4.43. The van der Waals surface area contributed by atoms with E-state index >= 15 is 0 Å². The Balaban J connectivity index is 1.51. The molecule has 2 amide bonds. The third kappa shape index (κ3) is 4.00. The molecule has 0 bridgehead atoms. The van der Waals surface area contributed by atoms with E-state index in [9.17, 15) is 9.59 Å². The molecule has 1 atom stereocenters. The van der Waals surface area contributed by atoms with E-state index in [1.165, 1.54) is 6.20 Å². The van der Waals surface area contributed by atoms with Gasteiger partial charge in [-0.25, -0.2) is 9.97 Å². The zero-order valence-corrected chi connectivity index (χ0v) is 13.9. The molecule has 0 spiro atoms. The maximum absolute atomic E-state index is 12.1. The van der Waals surface area contributed by atoms with Gasteiger partial charge in [-0.3, -0.25) is 9.59 Å². The van der Waals surface area contributed by atoms with Gasteiger partial charge in [-0.05, 0) is 12.8 Å². The maximum atomic E-state index is 12.1. The number of hydrogen-bond acceptors (Lipinski definition) is 6. The van der Waals surface area contributed by atoms with E-state index in [1.807, 2.05) is 4.90 Å². The average Bonchev–Trinajstić information content (AvgIpc) is 3.13. The Morgan fingerprint density at radius 2 is 2.04 bits per heavy atom. The molecule has 2 aliphatic rings. The van der Waals surface area contributed by atoms with Crippen molar-refractivity contribution in [2.75, 3.05) is 44.2 Å². The molecular weight excluding hydrogens is 310 g/mol. The summed E-state index contributed by atoms with van der Waals surface area (Å²) in [6.45, 7) is 5.67. The normalized spacial score (nSPS) is 21.0. The van der Waals surface area contributed by atoms with E-state index < -0.39 is 0 Å². The molecule has 3 heterocycles. The second-order valence-electron chi connectivity index (χ2n) is 6.10. The fourth-order valence-corrected chi connectivity index (χ4v) is 2.95. The van der Waals surface area contributed by atoms with E-state index in [4.69, 9.17) is 4.74 Å². The number of carbonyl (C=O) groups is 2. The predicted molar refractivity (Wildman–Crippen MR) is 87.8 cm³/mol. The van der Waals surface area contributed by atoms with E-state index in [0.717, 1.165) is 38.4 Å². The molecule has 130 valence electrons. The molecule has 0 saturated carbocycles. The van der Waals surface area contributed by atoms with Gasteiger partial charge in [-0.1, -0.05) is 0 Å². The smallest absolute Gasteiger partial charge is 0.271 e. The van der Waals surface area contributed by atoms with Crippen LogP contribution in [0.4, 0.5) is 5.82 Å². The van der Waals surface area contributed by atoms with Crippen LogP contribution in [0.1, 0.15) is 30.3 Å². The standard InChI is InChI=1S/C16H23N5O3/c1-12(22)20-4-6-21(7-5-20)15-11-17-14(10-18-15)16(23)19-9-13-3-2-8-24-13/h10-11,13H,2-9H2,1H3,(H,19,23). The first kappa shape index (κ1) is 16.6. The Morgan fingerprint density at radius 1 is 1.25 bits per heavy atom. The number of anilines is 1. The molecule has 0 radical (unpaired) electrons. The van der Waals surface area contributed by atoms with E-state index in [-0.39, 0.29) is 17.9 Å². The Labute approximate surface area is 141 Å². The van der Waals surface area contributed by atoms with E-state index in [2.05, 4.69) is 20.2 Å². The van der Waals surface area contributed by atoms with Crippen LogP contribution in [0.25, 0.3) is 0 Å². The summed E-state index contributed by atoms with van der Waals surface area (Å²) in [6.07, 6.45) is 5.25. The molecule has 1 unspecified atom stereocenters. The number of carbonyl (C=O) groups excluding carboxylic acids is 2. The van der Waals surface area contributed by atoms with Gasteiger partial charge in [0.25, 0.3) is 5.91 Å². The van der Waals surface area contributed by atoms with Crippen molar-refractivity contribution >= 4 is 17.6 Å². The number of piperazine rings is 1. The first-order valence-corrected chi connectivity index (χ1v) is 8.36. The molecule has 0 aromatic carbocycles. The molecule has 1 N–H and O–H groups in total. The molecule has 2 aliphatic heterocycles. The molecule has 2 saturated heterocycles. The van der Waals surface area contributed by atoms with Gasteiger partial charge in [0.2, 0.25) is 5.91 Å². The van der Waals surface area contributed by atoms with Crippen molar-refractivity contribution in [3.8, 4) is 0 Å². The van der Waals surface area contributed by atoms with Crippen molar-refractivity contribution in [2.24, 2.45) is 0 Å². The summed E-state index contributed by atoms with van der Waals surface area (Å²) < 4.78 is 5.48. The minimum atomic E-state index is -0.231. The lowest BCUT2D eigenvalue weighted by molar-refractivity contribution is -0.129. The fourth-order valence-electron chi connectivity index (χ4n) is 2.95. The highest BCUT2D eigenvalue weighted by atomic mass is 16.5. The van der Waals surface area contributed by atoms with Crippen LogP contribution < -0.4 is 10.2 Å². The van der Waals surface area contributed by atoms with Gasteiger partial charge < -0.3 is 19.9 Å². The SMILES string of the molecule is CC(=O)N1CCN(c2cnc(C(=O)NCC3CCCO3)cn2)CC1. The summed E-state index contributed by atoms with van der Waals surface area (Å²) in [5.41, 5.74) is 0.305. The summed E-state index contributed by atoms with van der Waals surface area (Å²) in [5.74, 6) is 0.596. The number of aromatic nitrogens is 2. The van der Waals surface area contributed by atoms with Crippen molar-refractivity contribution < 1.29 is 14.3 Å². The average molecular weight is 333 g/mol. The molecule has 24 heavy (non-hydrogen) atoms. The number of nitrogens with one attached hydrogen (secondary N) is 1. The van der Waals surface area contributed by atoms with E-state index in [0.29, 0.717) is 25.3 Å². The molecule has 0 aliphatic carbocycles. The van der Waals surface area contributed by atoms with Crippen molar-refractivity contribution in [1.29, 1.82) is 0 Å². The van der Waals surface area contributed by atoms with Crippen LogP contribution in [0.15, 0.2) is 12.4 Å². The van der Waals surface area contributed by atoms with Gasteiger partial charge in [0.1, 0.15) is 11.5 Å². The summed E-state index contributed by atoms with van der Waals surface area (Å²) in [7, 11) is 0. The molecule has 8 heteroatoms. The van der Waals surface area contributed by atoms with Gasteiger partial charge in [-0.15, -0.1) is 0 Å².